The number of hydrogen-bond acceptors (Lipinski definition) is 4. The summed E-state index contributed by atoms with van der Waals surface area (Å²) in [6.07, 6.45) is 0.912. The number of hydrogen-bond donors (Lipinski definition) is 0. The van der Waals surface area contributed by atoms with Gasteiger partial charge in [-0.2, -0.15) is 10.1 Å². The van der Waals surface area contributed by atoms with E-state index in [0.717, 1.165) is 16.1 Å². The Morgan fingerprint density at radius 3 is 1.97 bits per heavy atom. The van der Waals surface area contributed by atoms with E-state index in [0.29, 0.717) is 11.4 Å². The highest BCUT2D eigenvalue weighted by atomic mass is 35.5. The predicted molar refractivity (Wildman–Crippen MR) is 116 cm³/mol. The van der Waals surface area contributed by atoms with Gasteiger partial charge in [0.05, 0.1) is 5.71 Å². The van der Waals surface area contributed by atoms with Crippen molar-refractivity contribution in [2.24, 2.45) is 5.10 Å². The Balaban J connectivity index is 2.17. The van der Waals surface area contributed by atoms with Crippen molar-refractivity contribution in [1.29, 1.82) is 0 Å². The van der Waals surface area contributed by atoms with Crippen LogP contribution in [0.2, 0.25) is 5.15 Å². The quantitative estimate of drug-likeness (QED) is 0.306. The third-order valence-electron chi connectivity index (χ3n) is 3.83. The number of benzene rings is 2. The van der Waals surface area contributed by atoms with Crippen molar-refractivity contribution in [2.45, 2.75) is 26.4 Å². The van der Waals surface area contributed by atoms with Crippen LogP contribution < -0.4 is 5.01 Å². The zero-order valence-corrected chi connectivity index (χ0v) is 17.3. The number of anilines is 1. The summed E-state index contributed by atoms with van der Waals surface area (Å²) in [6.45, 7) is 5.40. The highest BCUT2D eigenvalue weighted by Gasteiger charge is 2.26. The molecule has 3 aromatic rings. The van der Waals surface area contributed by atoms with Crippen LogP contribution in [0, 0.1) is 0 Å². The molecule has 1 aromatic heterocycles. The maximum absolute atomic E-state index is 13.0. The molecule has 5 nitrogen and oxygen atoms in total. The minimum atomic E-state index is -0.695. The van der Waals surface area contributed by atoms with Gasteiger partial charge in [0.1, 0.15) is 11.3 Å². The monoisotopic (exact) mass is 407 g/mol. The molecule has 0 atom stereocenters. The average molecular weight is 408 g/mol. The number of ether oxygens (including phenoxy) is 1. The van der Waals surface area contributed by atoms with Crippen molar-refractivity contribution in [3.63, 3.8) is 0 Å². The standard InChI is InChI=1S/C23H22ClN3O2/c1-23(2,3)29-22(28)27(19-15-10-16-25-21(19)24)26-20(17-11-6-4-7-12-17)18-13-8-5-9-14-18/h4-16H,1-3H3. The summed E-state index contributed by atoms with van der Waals surface area (Å²) in [4.78, 5) is 17.1. The van der Waals surface area contributed by atoms with Crippen LogP contribution in [0.5, 0.6) is 0 Å². The van der Waals surface area contributed by atoms with Gasteiger partial charge in [0.25, 0.3) is 0 Å². The number of pyridine rings is 1. The molecule has 0 fully saturated rings. The molecule has 0 aliphatic rings. The van der Waals surface area contributed by atoms with E-state index in [2.05, 4.69) is 10.1 Å². The lowest BCUT2D eigenvalue weighted by molar-refractivity contribution is 0.0581. The Hall–Kier alpha value is -3.18. The molecule has 1 amide bonds. The number of carbonyl (C=O) groups excluding carboxylic acids is 1. The van der Waals surface area contributed by atoms with E-state index in [9.17, 15) is 4.79 Å². The summed E-state index contributed by atoms with van der Waals surface area (Å²) in [5.41, 5.74) is 1.96. The maximum Gasteiger partial charge on any atom is 0.435 e. The van der Waals surface area contributed by atoms with E-state index in [-0.39, 0.29) is 5.15 Å². The molecule has 6 heteroatoms. The van der Waals surface area contributed by atoms with E-state index in [4.69, 9.17) is 16.3 Å². The van der Waals surface area contributed by atoms with Gasteiger partial charge in [-0.05, 0) is 32.9 Å². The van der Waals surface area contributed by atoms with Gasteiger partial charge in [-0.15, -0.1) is 0 Å². The fraction of sp³-hybridized carbons (Fsp3) is 0.174. The first-order valence-electron chi connectivity index (χ1n) is 9.18. The lowest BCUT2D eigenvalue weighted by Crippen LogP contribution is -2.34. The lowest BCUT2D eigenvalue weighted by atomic mass is 10.0. The molecule has 0 N–H and O–H groups in total. The molecular weight excluding hydrogens is 386 g/mol. The Kier molecular flexibility index (Phi) is 6.29. The number of carbonyl (C=O) groups is 1. The zero-order valence-electron chi connectivity index (χ0n) is 16.5. The first kappa shape index (κ1) is 20.6. The Morgan fingerprint density at radius 1 is 0.931 bits per heavy atom. The van der Waals surface area contributed by atoms with E-state index in [1.54, 1.807) is 39.1 Å². The molecule has 0 saturated heterocycles. The SMILES string of the molecule is CC(C)(C)OC(=O)N(N=C(c1ccccc1)c1ccccc1)c1cccnc1Cl. The summed E-state index contributed by atoms with van der Waals surface area (Å²) >= 11 is 6.28. The lowest BCUT2D eigenvalue weighted by Gasteiger charge is -2.25. The van der Waals surface area contributed by atoms with Gasteiger partial charge in [-0.25, -0.2) is 9.78 Å². The van der Waals surface area contributed by atoms with E-state index in [1.807, 2.05) is 60.7 Å². The number of rotatable bonds is 4. The molecule has 0 radical (unpaired) electrons. The van der Waals surface area contributed by atoms with Crippen LogP contribution >= 0.6 is 11.6 Å². The second-order valence-electron chi connectivity index (χ2n) is 7.29. The van der Waals surface area contributed by atoms with Crippen LogP contribution in [-0.2, 0) is 4.74 Å². The molecule has 0 saturated carbocycles. The third-order valence-corrected chi connectivity index (χ3v) is 4.12. The average Bonchev–Trinajstić information content (AvgIpc) is 2.70. The van der Waals surface area contributed by atoms with E-state index in [1.165, 1.54) is 0 Å². The molecule has 0 spiro atoms. The van der Waals surface area contributed by atoms with Crippen LogP contribution in [0.15, 0.2) is 84.1 Å². The molecule has 2 aromatic carbocycles. The summed E-state index contributed by atoms with van der Waals surface area (Å²) < 4.78 is 5.58. The molecule has 0 bridgehead atoms. The summed E-state index contributed by atoms with van der Waals surface area (Å²) in [5.74, 6) is 0. The second-order valence-corrected chi connectivity index (χ2v) is 7.64. The van der Waals surface area contributed by atoms with Gasteiger partial charge >= 0.3 is 6.09 Å². The first-order chi connectivity index (χ1) is 13.8. The van der Waals surface area contributed by atoms with Crippen LogP contribution in [0.1, 0.15) is 31.9 Å². The normalized spacial score (nSPS) is 10.9. The van der Waals surface area contributed by atoms with E-state index >= 15 is 0 Å². The fourth-order valence-corrected chi connectivity index (χ4v) is 2.81. The van der Waals surface area contributed by atoms with E-state index < -0.39 is 11.7 Å². The van der Waals surface area contributed by atoms with Gasteiger partial charge in [-0.1, -0.05) is 72.3 Å². The van der Waals surface area contributed by atoms with Crippen molar-refractivity contribution in [2.75, 3.05) is 5.01 Å². The van der Waals surface area contributed by atoms with Gasteiger partial charge in [-0.3, -0.25) is 0 Å². The van der Waals surface area contributed by atoms with Crippen molar-refractivity contribution in [3.05, 3.63) is 95.3 Å². The molecule has 0 aliphatic heterocycles. The molecule has 29 heavy (non-hydrogen) atoms. The molecule has 3 rings (SSSR count). The highest BCUT2D eigenvalue weighted by molar-refractivity contribution is 6.32. The summed E-state index contributed by atoms with van der Waals surface area (Å²) in [7, 11) is 0. The number of nitrogens with zero attached hydrogens (tertiary/aromatic N) is 3. The topological polar surface area (TPSA) is 54.8 Å². The first-order valence-corrected chi connectivity index (χ1v) is 9.56. The van der Waals surface area contributed by atoms with Gasteiger partial charge in [0.15, 0.2) is 5.15 Å². The minimum absolute atomic E-state index is 0.155. The predicted octanol–water partition coefficient (Wildman–Crippen LogP) is 5.93. The second kappa shape index (κ2) is 8.88. The molecule has 0 aliphatic carbocycles. The number of amides is 1. The van der Waals surface area contributed by atoms with Gasteiger partial charge in [0, 0.05) is 17.3 Å². The molecule has 1 heterocycles. The Bertz CT molecular complexity index is 958. The molecule has 0 unspecified atom stereocenters. The summed E-state index contributed by atoms with van der Waals surface area (Å²) in [5, 5.41) is 6.00. The summed E-state index contributed by atoms with van der Waals surface area (Å²) in [6, 6.07) is 22.6. The number of aromatic nitrogens is 1. The van der Waals surface area contributed by atoms with Crippen molar-refractivity contribution < 1.29 is 9.53 Å². The van der Waals surface area contributed by atoms with Crippen molar-refractivity contribution in [1.82, 2.24) is 4.98 Å². The van der Waals surface area contributed by atoms with Crippen LogP contribution in [0.3, 0.4) is 0 Å². The molecular formula is C23H22ClN3O2. The number of halogens is 1. The van der Waals surface area contributed by atoms with Gasteiger partial charge in [0.2, 0.25) is 0 Å². The van der Waals surface area contributed by atoms with Gasteiger partial charge < -0.3 is 4.74 Å². The van der Waals surface area contributed by atoms with Crippen molar-refractivity contribution >= 4 is 29.1 Å². The fourth-order valence-electron chi connectivity index (χ4n) is 2.61. The Morgan fingerprint density at radius 2 is 1.48 bits per heavy atom. The van der Waals surface area contributed by atoms with Crippen LogP contribution in [0.25, 0.3) is 0 Å². The zero-order chi connectivity index (χ0) is 20.9. The molecule has 148 valence electrons. The highest BCUT2D eigenvalue weighted by Crippen LogP contribution is 2.26. The van der Waals surface area contributed by atoms with Crippen molar-refractivity contribution in [3.8, 4) is 0 Å². The number of hydrazone groups is 1. The van der Waals surface area contributed by atoms with Crippen LogP contribution in [0.4, 0.5) is 10.5 Å². The van der Waals surface area contributed by atoms with Crippen LogP contribution in [-0.4, -0.2) is 22.4 Å². The Labute approximate surface area is 175 Å². The third kappa shape index (κ3) is 5.42. The minimum Gasteiger partial charge on any atom is -0.442 e. The smallest absolute Gasteiger partial charge is 0.435 e. The maximum atomic E-state index is 13.0. The largest absolute Gasteiger partial charge is 0.442 e.